The number of aliphatic hydroxyl groups is 1. The normalized spacial score (nSPS) is 17.6. The molecule has 44 heavy (non-hydrogen) atoms. The largest absolute Gasteiger partial charge is 0.394 e. The van der Waals surface area contributed by atoms with Crippen LogP contribution in [0.5, 0.6) is 0 Å². The Bertz CT molecular complexity index is 1280. The number of fused-ring (bicyclic) bond motifs is 1. The van der Waals surface area contributed by atoms with Crippen LogP contribution in [0.15, 0.2) is 12.1 Å². The Morgan fingerprint density at radius 1 is 0.977 bits per heavy atom. The van der Waals surface area contributed by atoms with Gasteiger partial charge in [-0.2, -0.15) is 0 Å². The van der Waals surface area contributed by atoms with Gasteiger partial charge in [0, 0.05) is 44.9 Å². The van der Waals surface area contributed by atoms with Crippen molar-refractivity contribution in [2.24, 2.45) is 5.92 Å². The predicted octanol–water partition coefficient (Wildman–Crippen LogP) is 1.30. The molecule has 244 valence electrons. The number of hydrogen-bond donors (Lipinski definition) is 3. The first-order chi connectivity index (χ1) is 21.2. The van der Waals surface area contributed by atoms with Gasteiger partial charge in [0.2, 0.25) is 11.8 Å². The van der Waals surface area contributed by atoms with Crippen LogP contribution in [0, 0.1) is 17.6 Å². The van der Waals surface area contributed by atoms with Gasteiger partial charge in [-0.05, 0) is 32.7 Å². The van der Waals surface area contributed by atoms with Crippen LogP contribution < -0.4 is 10.6 Å². The van der Waals surface area contributed by atoms with Crippen LogP contribution in [0.4, 0.5) is 8.78 Å². The van der Waals surface area contributed by atoms with Crippen LogP contribution in [0.3, 0.4) is 0 Å². The molecule has 1 aromatic carbocycles. The molecule has 0 radical (unpaired) electrons. The molecule has 2 aliphatic rings. The average Bonchev–Trinajstić information content (AvgIpc) is 3.39. The summed E-state index contributed by atoms with van der Waals surface area (Å²) < 4.78 is 40.5. The molecule has 1 aliphatic heterocycles. The molecule has 2 fully saturated rings. The van der Waals surface area contributed by atoms with Crippen molar-refractivity contribution in [2.75, 3.05) is 66.3 Å². The van der Waals surface area contributed by atoms with E-state index in [9.17, 15) is 23.2 Å². The molecule has 1 saturated carbocycles. The molecule has 1 saturated heterocycles. The highest BCUT2D eigenvalue weighted by molar-refractivity contribution is 5.95. The topological polar surface area (TPSA) is 138 Å². The fraction of sp³-hybridized carbons (Fsp3) is 0.667. The van der Waals surface area contributed by atoms with Crippen LogP contribution in [0.2, 0.25) is 0 Å². The lowest BCUT2D eigenvalue weighted by Gasteiger charge is -2.39. The van der Waals surface area contributed by atoms with Gasteiger partial charge < -0.3 is 39.6 Å². The lowest BCUT2D eigenvalue weighted by atomic mass is 9.83. The molecule has 12 nitrogen and oxygen atoms in total. The number of nitrogens with zero attached hydrogens (tertiary/aromatic N) is 4. The Morgan fingerprint density at radius 2 is 1.61 bits per heavy atom. The Balaban J connectivity index is 1.44. The summed E-state index contributed by atoms with van der Waals surface area (Å²) >= 11 is 0. The lowest BCUT2D eigenvalue weighted by Crippen LogP contribution is -2.59. The first kappa shape index (κ1) is 33.7. The molecule has 0 unspecified atom stereocenters. The van der Waals surface area contributed by atoms with E-state index in [0.29, 0.717) is 0 Å². The van der Waals surface area contributed by atoms with E-state index < -0.39 is 29.6 Å². The molecular formula is C30H44F2N6O6. The Kier molecular flexibility index (Phi) is 12.4. The Morgan fingerprint density at radius 3 is 2.27 bits per heavy atom. The maximum Gasteiger partial charge on any atom is 0.290 e. The Hall–Kier alpha value is -3.20. The first-order valence-corrected chi connectivity index (χ1v) is 15.4. The summed E-state index contributed by atoms with van der Waals surface area (Å²) in [6.45, 7) is 3.76. The number of aromatic nitrogens is 2. The zero-order chi connectivity index (χ0) is 31.6. The molecule has 0 bridgehead atoms. The van der Waals surface area contributed by atoms with Gasteiger partial charge in [-0.25, -0.2) is 13.8 Å². The molecule has 2 atom stereocenters. The molecule has 1 aromatic heterocycles. The van der Waals surface area contributed by atoms with Gasteiger partial charge in [0.15, 0.2) is 17.5 Å². The van der Waals surface area contributed by atoms with Crippen molar-refractivity contribution in [2.45, 2.75) is 57.7 Å². The van der Waals surface area contributed by atoms with Gasteiger partial charge in [0.05, 0.1) is 50.1 Å². The van der Waals surface area contributed by atoms with Crippen molar-refractivity contribution in [3.8, 4) is 0 Å². The number of halogens is 2. The van der Waals surface area contributed by atoms with E-state index in [1.54, 1.807) is 23.8 Å². The van der Waals surface area contributed by atoms with Gasteiger partial charge in [-0.15, -0.1) is 0 Å². The van der Waals surface area contributed by atoms with Crippen LogP contribution in [-0.2, 0) is 25.6 Å². The monoisotopic (exact) mass is 622 g/mol. The number of carbonyl (C=O) groups excluding carboxylic acids is 3. The number of amides is 3. The fourth-order valence-corrected chi connectivity index (χ4v) is 5.78. The third kappa shape index (κ3) is 8.29. The summed E-state index contributed by atoms with van der Waals surface area (Å²) in [5, 5.41) is 14.7. The number of aliphatic hydroxyl groups excluding tert-OH is 1. The van der Waals surface area contributed by atoms with Crippen LogP contribution in [0.1, 0.15) is 49.6 Å². The lowest BCUT2D eigenvalue weighted by molar-refractivity contribution is -0.140. The van der Waals surface area contributed by atoms with Gasteiger partial charge >= 0.3 is 0 Å². The highest BCUT2D eigenvalue weighted by Crippen LogP contribution is 2.28. The summed E-state index contributed by atoms with van der Waals surface area (Å²) in [5.74, 6) is -2.80. The van der Waals surface area contributed by atoms with Crippen molar-refractivity contribution >= 4 is 28.8 Å². The van der Waals surface area contributed by atoms with Crippen molar-refractivity contribution in [3.63, 3.8) is 0 Å². The maximum absolute atomic E-state index is 14.2. The highest BCUT2D eigenvalue weighted by atomic mass is 19.2. The van der Waals surface area contributed by atoms with Crippen LogP contribution >= 0.6 is 0 Å². The minimum absolute atomic E-state index is 0.0262. The number of piperazine rings is 1. The minimum Gasteiger partial charge on any atom is -0.394 e. The standard InChI is InChI=1S/C30H44F2N6O6/c1-20(33-2)28(40)35-26(21-6-4-3-5-7-21)29(41)36-8-10-37(11-9-36)30(42)27-34-24-18-22(31)23(32)19-25(24)38(27)12-14-43-16-17-44-15-13-39/h18-21,26,33,39H,3-17H2,1-2H3,(H,35,40)/t20-,26-/m0/s1. The zero-order valence-electron chi connectivity index (χ0n) is 25.5. The molecule has 0 spiro atoms. The van der Waals surface area contributed by atoms with Crippen LogP contribution in [0.25, 0.3) is 11.0 Å². The number of nitrogens with one attached hydrogen (secondary N) is 2. The molecule has 3 amide bonds. The van der Waals surface area contributed by atoms with E-state index >= 15 is 0 Å². The summed E-state index contributed by atoms with van der Waals surface area (Å²) in [6, 6.07) is 0.926. The number of benzene rings is 1. The molecule has 4 rings (SSSR count). The SMILES string of the molecule is CN[C@@H](C)C(=O)N[C@H](C(=O)N1CCN(C(=O)c2nc3cc(F)c(F)cc3n2CCOCCOCCO)CC1)C1CCCCC1. The fourth-order valence-electron chi connectivity index (χ4n) is 5.78. The highest BCUT2D eigenvalue weighted by Gasteiger charge is 2.36. The smallest absolute Gasteiger partial charge is 0.290 e. The first-order valence-electron chi connectivity index (χ1n) is 15.4. The van der Waals surface area contributed by atoms with Crippen molar-refractivity contribution in [3.05, 3.63) is 29.6 Å². The number of carbonyl (C=O) groups is 3. The van der Waals surface area contributed by atoms with E-state index in [1.807, 2.05) is 0 Å². The minimum atomic E-state index is -1.06. The van der Waals surface area contributed by atoms with Gasteiger partial charge in [-0.1, -0.05) is 19.3 Å². The number of imidazole rings is 1. The molecule has 2 heterocycles. The van der Waals surface area contributed by atoms with Crippen molar-refractivity contribution in [1.29, 1.82) is 0 Å². The van der Waals surface area contributed by atoms with E-state index in [-0.39, 0.29) is 100 Å². The molecule has 2 aromatic rings. The van der Waals surface area contributed by atoms with Gasteiger partial charge in [0.1, 0.15) is 6.04 Å². The predicted molar refractivity (Wildman–Crippen MR) is 158 cm³/mol. The summed E-state index contributed by atoms with van der Waals surface area (Å²) in [4.78, 5) is 47.8. The number of rotatable bonds is 14. The second-order valence-electron chi connectivity index (χ2n) is 11.3. The summed E-state index contributed by atoms with van der Waals surface area (Å²) in [6.07, 6.45) is 4.91. The van der Waals surface area contributed by atoms with E-state index in [2.05, 4.69) is 15.6 Å². The number of likely N-dealkylation sites (N-methyl/N-ethyl adjacent to an activating group) is 1. The molecular weight excluding hydrogens is 578 g/mol. The van der Waals surface area contributed by atoms with E-state index in [1.165, 1.54) is 4.57 Å². The molecule has 1 aliphatic carbocycles. The summed E-state index contributed by atoms with van der Waals surface area (Å²) in [5.41, 5.74) is 0.414. The van der Waals surface area contributed by atoms with E-state index in [4.69, 9.17) is 14.6 Å². The second kappa shape index (κ2) is 16.2. The third-order valence-corrected chi connectivity index (χ3v) is 8.44. The van der Waals surface area contributed by atoms with Gasteiger partial charge in [-0.3, -0.25) is 14.4 Å². The summed E-state index contributed by atoms with van der Waals surface area (Å²) in [7, 11) is 1.70. The second-order valence-corrected chi connectivity index (χ2v) is 11.3. The zero-order valence-corrected chi connectivity index (χ0v) is 25.5. The molecule has 3 N–H and O–H groups in total. The van der Waals surface area contributed by atoms with Gasteiger partial charge in [0.25, 0.3) is 5.91 Å². The van der Waals surface area contributed by atoms with Crippen molar-refractivity contribution < 1.29 is 37.7 Å². The van der Waals surface area contributed by atoms with Crippen molar-refractivity contribution in [1.82, 2.24) is 30.0 Å². The van der Waals surface area contributed by atoms with Crippen LogP contribution in [-0.4, -0.2) is 121 Å². The number of hydrogen-bond acceptors (Lipinski definition) is 8. The molecule has 14 heteroatoms. The number of ether oxygens (including phenoxy) is 2. The average molecular weight is 623 g/mol. The quantitative estimate of drug-likeness (QED) is 0.268. The Labute approximate surface area is 256 Å². The van der Waals surface area contributed by atoms with E-state index in [0.717, 1.165) is 44.2 Å². The maximum atomic E-state index is 14.2. The third-order valence-electron chi connectivity index (χ3n) is 8.44.